The second-order valence-corrected chi connectivity index (χ2v) is 6.49. The summed E-state index contributed by atoms with van der Waals surface area (Å²) in [6.45, 7) is 2.44. The minimum Gasteiger partial charge on any atom is -0.391 e. The molecule has 1 saturated heterocycles. The lowest BCUT2D eigenvalue weighted by atomic mass is 9.85. The van der Waals surface area contributed by atoms with Gasteiger partial charge in [-0.25, -0.2) is 0 Å². The highest BCUT2D eigenvalue weighted by atomic mass is 32.2. The quantitative estimate of drug-likeness (QED) is 0.600. The molecular formula is C13H25N3OS. The van der Waals surface area contributed by atoms with E-state index in [-0.39, 0.29) is 6.10 Å². The van der Waals surface area contributed by atoms with E-state index in [1.54, 1.807) is 0 Å². The minimum absolute atomic E-state index is 0.303. The molecular weight excluding hydrogens is 246 g/mol. The monoisotopic (exact) mass is 271 g/mol. The first-order chi connectivity index (χ1) is 8.77. The lowest BCUT2D eigenvalue weighted by Crippen LogP contribution is -2.43. The van der Waals surface area contributed by atoms with Crippen LogP contribution in [-0.4, -0.2) is 53.2 Å². The van der Waals surface area contributed by atoms with Gasteiger partial charge in [-0.05, 0) is 18.8 Å². The number of nitrogens with two attached hydrogens (primary N) is 1. The normalized spacial score (nSPS) is 25.2. The van der Waals surface area contributed by atoms with E-state index in [1.807, 2.05) is 11.8 Å². The van der Waals surface area contributed by atoms with Crippen molar-refractivity contribution in [3.05, 3.63) is 0 Å². The van der Waals surface area contributed by atoms with Gasteiger partial charge in [0.25, 0.3) is 0 Å². The van der Waals surface area contributed by atoms with E-state index in [1.165, 1.54) is 19.3 Å². The van der Waals surface area contributed by atoms with Crippen molar-refractivity contribution >= 4 is 17.7 Å². The maximum absolute atomic E-state index is 10.1. The molecule has 5 heteroatoms. The van der Waals surface area contributed by atoms with Crippen LogP contribution in [0.5, 0.6) is 0 Å². The Morgan fingerprint density at radius 3 is 2.61 bits per heavy atom. The van der Waals surface area contributed by atoms with Crippen LogP contribution in [0, 0.1) is 5.92 Å². The highest BCUT2D eigenvalue weighted by molar-refractivity contribution is 7.99. The van der Waals surface area contributed by atoms with Crippen molar-refractivity contribution in [2.75, 3.05) is 31.1 Å². The SMILES string of the molecule is NC(=NCC(O)C1CCCCC1)N1CCSCC1. The maximum Gasteiger partial charge on any atom is 0.191 e. The van der Waals surface area contributed by atoms with Crippen LogP contribution in [0.15, 0.2) is 4.99 Å². The summed E-state index contributed by atoms with van der Waals surface area (Å²) in [6, 6.07) is 0. The highest BCUT2D eigenvalue weighted by Gasteiger charge is 2.21. The van der Waals surface area contributed by atoms with Gasteiger partial charge < -0.3 is 15.7 Å². The van der Waals surface area contributed by atoms with E-state index in [9.17, 15) is 5.11 Å². The van der Waals surface area contributed by atoms with Crippen molar-refractivity contribution in [3.8, 4) is 0 Å². The van der Waals surface area contributed by atoms with Gasteiger partial charge in [-0.2, -0.15) is 11.8 Å². The maximum atomic E-state index is 10.1. The molecule has 0 amide bonds. The molecule has 0 spiro atoms. The summed E-state index contributed by atoms with van der Waals surface area (Å²) in [6.07, 6.45) is 5.82. The average molecular weight is 271 g/mol. The van der Waals surface area contributed by atoms with Crippen LogP contribution < -0.4 is 5.73 Å². The lowest BCUT2D eigenvalue weighted by molar-refractivity contribution is 0.0922. The van der Waals surface area contributed by atoms with Gasteiger partial charge in [-0.1, -0.05) is 19.3 Å². The number of aliphatic hydroxyl groups excluding tert-OH is 1. The predicted molar refractivity (Wildman–Crippen MR) is 78.0 cm³/mol. The number of aliphatic hydroxyl groups is 1. The molecule has 1 unspecified atom stereocenters. The first-order valence-electron chi connectivity index (χ1n) is 7.08. The molecule has 3 N–H and O–H groups in total. The lowest BCUT2D eigenvalue weighted by Gasteiger charge is -2.28. The van der Waals surface area contributed by atoms with Crippen molar-refractivity contribution in [2.45, 2.75) is 38.2 Å². The van der Waals surface area contributed by atoms with Gasteiger partial charge in [0.1, 0.15) is 0 Å². The van der Waals surface area contributed by atoms with Crippen LogP contribution in [0.25, 0.3) is 0 Å². The van der Waals surface area contributed by atoms with E-state index < -0.39 is 0 Å². The van der Waals surface area contributed by atoms with Crippen LogP contribution in [0.2, 0.25) is 0 Å². The number of rotatable bonds is 3. The Kier molecular flexibility index (Phi) is 5.63. The smallest absolute Gasteiger partial charge is 0.191 e. The van der Waals surface area contributed by atoms with Gasteiger partial charge >= 0.3 is 0 Å². The second-order valence-electron chi connectivity index (χ2n) is 5.26. The van der Waals surface area contributed by atoms with Crippen LogP contribution in [0.4, 0.5) is 0 Å². The molecule has 2 aliphatic rings. The first-order valence-corrected chi connectivity index (χ1v) is 8.23. The summed E-state index contributed by atoms with van der Waals surface area (Å²) in [4.78, 5) is 6.51. The molecule has 0 radical (unpaired) electrons. The van der Waals surface area contributed by atoms with Crippen LogP contribution in [-0.2, 0) is 0 Å². The zero-order valence-corrected chi connectivity index (χ0v) is 11.9. The summed E-state index contributed by atoms with van der Waals surface area (Å²) < 4.78 is 0. The standard InChI is InChI=1S/C13H25N3OS/c14-13(16-6-8-18-9-7-16)15-10-12(17)11-4-2-1-3-5-11/h11-12,17H,1-10H2,(H2,14,15). The Labute approximate surface area is 114 Å². The zero-order valence-electron chi connectivity index (χ0n) is 11.1. The van der Waals surface area contributed by atoms with Crippen molar-refractivity contribution in [1.29, 1.82) is 0 Å². The van der Waals surface area contributed by atoms with Crippen LogP contribution in [0.3, 0.4) is 0 Å². The second kappa shape index (κ2) is 7.24. The molecule has 0 aromatic carbocycles. The minimum atomic E-state index is -0.303. The van der Waals surface area contributed by atoms with Crippen LogP contribution >= 0.6 is 11.8 Å². The molecule has 0 aromatic heterocycles. The molecule has 2 rings (SSSR count). The highest BCUT2D eigenvalue weighted by Crippen LogP contribution is 2.26. The third kappa shape index (κ3) is 4.05. The molecule has 4 nitrogen and oxygen atoms in total. The molecule has 1 saturated carbocycles. The number of hydrogen-bond acceptors (Lipinski definition) is 3. The molecule has 1 heterocycles. The Morgan fingerprint density at radius 1 is 1.28 bits per heavy atom. The Balaban J connectivity index is 1.77. The number of aliphatic imine (C=N–C) groups is 1. The van der Waals surface area contributed by atoms with Gasteiger partial charge in [0.15, 0.2) is 5.96 Å². The summed E-state index contributed by atoms with van der Waals surface area (Å²) >= 11 is 1.96. The van der Waals surface area contributed by atoms with Gasteiger partial charge in [-0.15, -0.1) is 0 Å². The molecule has 1 aliphatic carbocycles. The molecule has 1 aliphatic heterocycles. The summed E-state index contributed by atoms with van der Waals surface area (Å²) in [5, 5.41) is 10.1. The van der Waals surface area contributed by atoms with Crippen molar-refractivity contribution in [1.82, 2.24) is 4.90 Å². The molecule has 0 aromatic rings. The molecule has 0 bridgehead atoms. The van der Waals surface area contributed by atoms with E-state index >= 15 is 0 Å². The number of nitrogens with zero attached hydrogens (tertiary/aromatic N) is 2. The predicted octanol–water partition coefficient (Wildman–Crippen LogP) is 1.29. The molecule has 2 fully saturated rings. The fourth-order valence-electron chi connectivity index (χ4n) is 2.75. The third-order valence-electron chi connectivity index (χ3n) is 3.97. The van der Waals surface area contributed by atoms with Crippen molar-refractivity contribution in [3.63, 3.8) is 0 Å². The van der Waals surface area contributed by atoms with E-state index in [0.717, 1.165) is 37.4 Å². The van der Waals surface area contributed by atoms with Gasteiger partial charge in [-0.3, -0.25) is 4.99 Å². The Morgan fingerprint density at radius 2 is 1.94 bits per heavy atom. The first kappa shape index (κ1) is 14.0. The van der Waals surface area contributed by atoms with E-state index in [0.29, 0.717) is 18.4 Å². The van der Waals surface area contributed by atoms with E-state index in [2.05, 4.69) is 9.89 Å². The summed E-state index contributed by atoms with van der Waals surface area (Å²) in [5.74, 6) is 3.31. The van der Waals surface area contributed by atoms with Crippen LogP contribution in [0.1, 0.15) is 32.1 Å². The number of hydrogen-bond donors (Lipinski definition) is 2. The third-order valence-corrected chi connectivity index (χ3v) is 4.91. The van der Waals surface area contributed by atoms with Gasteiger partial charge in [0.05, 0.1) is 12.6 Å². The average Bonchev–Trinajstić information content (AvgIpc) is 2.46. The molecule has 104 valence electrons. The Hall–Kier alpha value is -0.420. The fourth-order valence-corrected chi connectivity index (χ4v) is 3.65. The number of guanidine groups is 1. The summed E-state index contributed by atoms with van der Waals surface area (Å²) in [7, 11) is 0. The van der Waals surface area contributed by atoms with Crippen molar-refractivity contribution < 1.29 is 5.11 Å². The molecule has 1 atom stereocenters. The topological polar surface area (TPSA) is 61.9 Å². The number of thioether (sulfide) groups is 1. The van der Waals surface area contributed by atoms with Gasteiger partial charge in [0, 0.05) is 24.6 Å². The van der Waals surface area contributed by atoms with Crippen molar-refractivity contribution in [2.24, 2.45) is 16.6 Å². The zero-order chi connectivity index (χ0) is 12.8. The molecule has 18 heavy (non-hydrogen) atoms. The fraction of sp³-hybridized carbons (Fsp3) is 0.923. The van der Waals surface area contributed by atoms with E-state index in [4.69, 9.17) is 5.73 Å². The Bertz CT molecular complexity index is 273. The summed E-state index contributed by atoms with van der Waals surface area (Å²) in [5.41, 5.74) is 5.98. The largest absolute Gasteiger partial charge is 0.391 e. The van der Waals surface area contributed by atoms with Gasteiger partial charge in [0.2, 0.25) is 0 Å².